The minimum absolute atomic E-state index is 0.0884. The molecule has 1 aliphatic heterocycles. The molecule has 5 heteroatoms. The molecule has 29 heavy (non-hydrogen) atoms. The highest BCUT2D eigenvalue weighted by Crippen LogP contribution is 2.33. The van der Waals surface area contributed by atoms with E-state index in [9.17, 15) is 9.59 Å². The lowest BCUT2D eigenvalue weighted by Crippen LogP contribution is -2.45. The maximum atomic E-state index is 13.1. The van der Waals surface area contributed by atoms with Gasteiger partial charge in [-0.3, -0.25) is 9.59 Å². The first-order chi connectivity index (χ1) is 14.2. The Hall–Kier alpha value is -2.82. The number of nitrogens with zero attached hydrogens (tertiary/aromatic N) is 1. The molecule has 5 nitrogen and oxygen atoms in total. The molecule has 2 amide bonds. The Morgan fingerprint density at radius 3 is 2.59 bits per heavy atom. The van der Waals surface area contributed by atoms with Gasteiger partial charge >= 0.3 is 0 Å². The molecule has 2 aliphatic rings. The average molecular weight is 392 g/mol. The van der Waals surface area contributed by atoms with E-state index in [-0.39, 0.29) is 17.9 Å². The molecule has 0 aromatic heterocycles. The largest absolute Gasteiger partial charge is 0.480 e. The first-order valence-electron chi connectivity index (χ1n) is 10.6. The number of hydrogen-bond acceptors (Lipinski definition) is 3. The zero-order valence-corrected chi connectivity index (χ0v) is 16.9. The molecule has 1 heterocycles. The molecule has 0 saturated heterocycles. The topological polar surface area (TPSA) is 58.6 Å². The standard InChI is InChI=1S/C24H28N2O3/c1-2-21-24(28)26(20-11-7-4-8-12-20)16-18-15-19(13-14-22(18)29-21)25-23(27)17-9-5-3-6-10-17/h3,5-6,9-10,13-15,20-21H,2,4,7-8,11-12,16H2,1H3,(H,25,27). The van der Waals surface area contributed by atoms with Gasteiger partial charge in [-0.05, 0) is 49.6 Å². The molecule has 2 aromatic rings. The van der Waals surface area contributed by atoms with Gasteiger partial charge in [0.1, 0.15) is 5.75 Å². The zero-order valence-electron chi connectivity index (χ0n) is 16.9. The van der Waals surface area contributed by atoms with E-state index in [4.69, 9.17) is 4.74 Å². The summed E-state index contributed by atoms with van der Waals surface area (Å²) < 4.78 is 6.08. The van der Waals surface area contributed by atoms with Crippen LogP contribution in [0.2, 0.25) is 0 Å². The second-order valence-electron chi connectivity index (χ2n) is 7.92. The van der Waals surface area contributed by atoms with Crippen LogP contribution in [0.15, 0.2) is 48.5 Å². The van der Waals surface area contributed by atoms with Crippen molar-refractivity contribution in [2.24, 2.45) is 0 Å². The van der Waals surface area contributed by atoms with Crippen LogP contribution < -0.4 is 10.1 Å². The fourth-order valence-electron chi connectivity index (χ4n) is 4.30. The Kier molecular flexibility index (Phi) is 5.84. The fourth-order valence-corrected chi connectivity index (χ4v) is 4.30. The molecule has 2 aromatic carbocycles. The molecular weight excluding hydrogens is 364 g/mol. The van der Waals surface area contributed by atoms with Gasteiger partial charge in [0.2, 0.25) is 0 Å². The number of fused-ring (bicyclic) bond motifs is 1. The van der Waals surface area contributed by atoms with Crippen LogP contribution in [-0.2, 0) is 11.3 Å². The van der Waals surface area contributed by atoms with Crippen molar-refractivity contribution in [1.29, 1.82) is 0 Å². The number of hydrogen-bond donors (Lipinski definition) is 1. The van der Waals surface area contributed by atoms with Crippen molar-refractivity contribution in [3.8, 4) is 5.75 Å². The van der Waals surface area contributed by atoms with Crippen molar-refractivity contribution in [3.05, 3.63) is 59.7 Å². The molecule has 1 fully saturated rings. The molecule has 0 radical (unpaired) electrons. The predicted octanol–water partition coefficient (Wildman–Crippen LogP) is 4.77. The third-order valence-electron chi connectivity index (χ3n) is 5.91. The number of rotatable bonds is 4. The molecule has 1 saturated carbocycles. The summed E-state index contributed by atoms with van der Waals surface area (Å²) in [4.78, 5) is 27.6. The van der Waals surface area contributed by atoms with Gasteiger partial charge in [0.15, 0.2) is 6.10 Å². The highest BCUT2D eigenvalue weighted by molar-refractivity contribution is 6.04. The van der Waals surface area contributed by atoms with Crippen LogP contribution >= 0.6 is 0 Å². The molecule has 4 rings (SSSR count). The van der Waals surface area contributed by atoms with Crippen molar-refractivity contribution in [1.82, 2.24) is 4.90 Å². The summed E-state index contributed by atoms with van der Waals surface area (Å²) in [5.74, 6) is 0.679. The van der Waals surface area contributed by atoms with Gasteiger partial charge in [0, 0.05) is 29.4 Å². The second kappa shape index (κ2) is 8.68. The molecule has 0 spiro atoms. The number of carbonyl (C=O) groups excluding carboxylic acids is 2. The van der Waals surface area contributed by atoms with E-state index in [0.717, 1.165) is 24.2 Å². The third kappa shape index (κ3) is 4.29. The van der Waals surface area contributed by atoms with Crippen molar-refractivity contribution in [3.63, 3.8) is 0 Å². The Morgan fingerprint density at radius 1 is 1.10 bits per heavy atom. The van der Waals surface area contributed by atoms with E-state index in [2.05, 4.69) is 5.32 Å². The summed E-state index contributed by atoms with van der Waals surface area (Å²) in [5.41, 5.74) is 2.28. The van der Waals surface area contributed by atoms with Crippen molar-refractivity contribution < 1.29 is 14.3 Å². The lowest BCUT2D eigenvalue weighted by Gasteiger charge is -2.34. The van der Waals surface area contributed by atoms with E-state index >= 15 is 0 Å². The van der Waals surface area contributed by atoms with E-state index in [1.165, 1.54) is 19.3 Å². The lowest BCUT2D eigenvalue weighted by molar-refractivity contribution is -0.141. The third-order valence-corrected chi connectivity index (χ3v) is 5.91. The second-order valence-corrected chi connectivity index (χ2v) is 7.92. The van der Waals surface area contributed by atoms with E-state index in [0.29, 0.717) is 24.2 Å². The quantitative estimate of drug-likeness (QED) is 0.815. The first kappa shape index (κ1) is 19.5. The minimum atomic E-state index is -0.442. The molecular formula is C24H28N2O3. The number of anilines is 1. The normalized spacial score (nSPS) is 19.8. The van der Waals surface area contributed by atoms with Gasteiger partial charge in [0.25, 0.3) is 11.8 Å². The Morgan fingerprint density at radius 2 is 1.86 bits per heavy atom. The van der Waals surface area contributed by atoms with Gasteiger partial charge in [-0.2, -0.15) is 0 Å². The Labute approximate surface area is 172 Å². The van der Waals surface area contributed by atoms with Crippen molar-refractivity contribution in [2.75, 3.05) is 5.32 Å². The number of carbonyl (C=O) groups is 2. The zero-order chi connectivity index (χ0) is 20.2. The van der Waals surface area contributed by atoms with E-state index in [1.54, 1.807) is 12.1 Å². The summed E-state index contributed by atoms with van der Waals surface area (Å²) in [6.45, 7) is 2.52. The number of ether oxygens (including phenoxy) is 1. The minimum Gasteiger partial charge on any atom is -0.480 e. The van der Waals surface area contributed by atoms with Crippen LogP contribution in [0.1, 0.15) is 61.4 Å². The summed E-state index contributed by atoms with van der Waals surface area (Å²) >= 11 is 0. The number of nitrogens with one attached hydrogen (secondary N) is 1. The first-order valence-corrected chi connectivity index (χ1v) is 10.6. The summed E-state index contributed by atoms with van der Waals surface area (Å²) in [6.07, 6.45) is 5.91. The van der Waals surface area contributed by atoms with Gasteiger partial charge in [-0.1, -0.05) is 44.4 Å². The van der Waals surface area contributed by atoms with Gasteiger partial charge in [-0.25, -0.2) is 0 Å². The highest BCUT2D eigenvalue weighted by Gasteiger charge is 2.34. The molecule has 0 bridgehead atoms. The number of benzene rings is 2. The highest BCUT2D eigenvalue weighted by atomic mass is 16.5. The predicted molar refractivity (Wildman–Crippen MR) is 113 cm³/mol. The summed E-state index contributed by atoms with van der Waals surface area (Å²) in [7, 11) is 0. The average Bonchev–Trinajstić information content (AvgIpc) is 2.91. The maximum absolute atomic E-state index is 13.1. The van der Waals surface area contributed by atoms with Crippen LogP contribution in [0.25, 0.3) is 0 Å². The van der Waals surface area contributed by atoms with Gasteiger partial charge in [-0.15, -0.1) is 0 Å². The van der Waals surface area contributed by atoms with E-state index < -0.39 is 6.10 Å². The Balaban J connectivity index is 1.59. The van der Waals surface area contributed by atoms with Crippen molar-refractivity contribution in [2.45, 2.75) is 64.1 Å². The Bertz CT molecular complexity index is 875. The monoisotopic (exact) mass is 392 g/mol. The molecule has 1 atom stereocenters. The molecule has 1 unspecified atom stereocenters. The van der Waals surface area contributed by atoms with Crippen LogP contribution in [0.5, 0.6) is 5.75 Å². The summed E-state index contributed by atoms with van der Waals surface area (Å²) in [6, 6.07) is 15.1. The SMILES string of the molecule is CCC1Oc2ccc(NC(=O)c3ccccc3)cc2CN(C2CCCCC2)C1=O. The van der Waals surface area contributed by atoms with Crippen molar-refractivity contribution >= 4 is 17.5 Å². The number of amides is 2. The van der Waals surface area contributed by atoms with Crippen LogP contribution in [0.4, 0.5) is 5.69 Å². The van der Waals surface area contributed by atoms with Crippen LogP contribution in [0.3, 0.4) is 0 Å². The fraction of sp³-hybridized carbons (Fsp3) is 0.417. The van der Waals surface area contributed by atoms with Gasteiger partial charge in [0.05, 0.1) is 0 Å². The molecule has 152 valence electrons. The lowest BCUT2D eigenvalue weighted by atomic mass is 9.93. The van der Waals surface area contributed by atoms with Crippen LogP contribution in [-0.4, -0.2) is 28.9 Å². The van der Waals surface area contributed by atoms with Crippen LogP contribution in [0, 0.1) is 0 Å². The molecule has 1 N–H and O–H groups in total. The maximum Gasteiger partial charge on any atom is 0.264 e. The molecule has 1 aliphatic carbocycles. The van der Waals surface area contributed by atoms with E-state index in [1.807, 2.05) is 48.2 Å². The smallest absolute Gasteiger partial charge is 0.264 e. The van der Waals surface area contributed by atoms with Gasteiger partial charge < -0.3 is 15.0 Å². The summed E-state index contributed by atoms with van der Waals surface area (Å²) in [5, 5.41) is 2.96.